The van der Waals surface area contributed by atoms with E-state index in [0.717, 1.165) is 5.39 Å². The number of fused-ring (bicyclic) bond motifs is 2. The van der Waals surface area contributed by atoms with Crippen LogP contribution in [-0.2, 0) is 10.0 Å². The van der Waals surface area contributed by atoms with E-state index in [9.17, 15) is 13.2 Å². The Bertz CT molecular complexity index is 1600. The molecule has 1 N–H and O–H groups in total. The monoisotopic (exact) mass is 428 g/mol. The van der Waals surface area contributed by atoms with Gasteiger partial charge in [0.25, 0.3) is 10.0 Å². The highest BCUT2D eigenvalue weighted by Crippen LogP contribution is 2.30. The van der Waals surface area contributed by atoms with E-state index in [-0.39, 0.29) is 16.5 Å². The Kier molecular flexibility index (Phi) is 4.52. The van der Waals surface area contributed by atoms with Crippen molar-refractivity contribution in [3.63, 3.8) is 0 Å². The van der Waals surface area contributed by atoms with Gasteiger partial charge in [0.2, 0.25) is 5.89 Å². The lowest BCUT2D eigenvalue weighted by molar-refractivity contribution is 0.518. The van der Waals surface area contributed by atoms with Gasteiger partial charge in [0.05, 0.1) is 27.0 Å². The third kappa shape index (κ3) is 3.45. The molecule has 1 heterocycles. The van der Waals surface area contributed by atoms with E-state index >= 15 is 0 Å². The molecule has 5 rings (SSSR count). The summed E-state index contributed by atoms with van der Waals surface area (Å²) in [5, 5.41) is 1.80. The van der Waals surface area contributed by atoms with Gasteiger partial charge in [0, 0.05) is 5.39 Å². The van der Waals surface area contributed by atoms with Gasteiger partial charge in [-0.05, 0) is 35.7 Å². The molecule has 0 aliphatic rings. The predicted octanol–water partition coefficient (Wildman–Crippen LogP) is 4.81. The van der Waals surface area contributed by atoms with Crippen LogP contribution in [0, 0.1) is 0 Å². The molecule has 0 aliphatic carbocycles. The first kappa shape index (κ1) is 19.0. The Morgan fingerprint density at radius 2 is 1.42 bits per heavy atom. The highest BCUT2D eigenvalue weighted by Gasteiger charge is 2.20. The highest BCUT2D eigenvalue weighted by atomic mass is 32.2. The average Bonchev–Trinajstić information content (AvgIpc) is 2.79. The van der Waals surface area contributed by atoms with E-state index < -0.39 is 15.6 Å². The van der Waals surface area contributed by atoms with Crippen molar-refractivity contribution < 1.29 is 12.8 Å². The summed E-state index contributed by atoms with van der Waals surface area (Å²) in [6.45, 7) is 0. The Morgan fingerprint density at radius 1 is 0.742 bits per heavy atom. The standard InChI is InChI=1S/C24H16N2O4S/c27-24-19-12-4-5-13-20(19)25-23(30-24)18-11-3-6-14-21(18)26-31(28,29)22-15-7-9-16-8-1-2-10-17(16)22/h1-15,26H. The molecule has 31 heavy (non-hydrogen) atoms. The topological polar surface area (TPSA) is 89.3 Å². The first-order valence-electron chi connectivity index (χ1n) is 9.53. The first-order valence-corrected chi connectivity index (χ1v) is 11.0. The molecular formula is C24H16N2O4S. The minimum absolute atomic E-state index is 0.0416. The van der Waals surface area contributed by atoms with Crippen LogP contribution in [0.15, 0.2) is 105 Å². The molecule has 4 aromatic carbocycles. The number of aromatic nitrogens is 1. The van der Waals surface area contributed by atoms with Crippen LogP contribution in [0.3, 0.4) is 0 Å². The van der Waals surface area contributed by atoms with Gasteiger partial charge >= 0.3 is 5.63 Å². The molecule has 0 saturated carbocycles. The van der Waals surface area contributed by atoms with Crippen LogP contribution in [0.4, 0.5) is 5.69 Å². The van der Waals surface area contributed by atoms with Gasteiger partial charge in [-0.1, -0.05) is 60.7 Å². The van der Waals surface area contributed by atoms with Crippen LogP contribution in [-0.4, -0.2) is 13.4 Å². The van der Waals surface area contributed by atoms with Crippen LogP contribution in [0.2, 0.25) is 0 Å². The molecule has 6 nitrogen and oxygen atoms in total. The first-order chi connectivity index (χ1) is 15.0. The van der Waals surface area contributed by atoms with Crippen molar-refractivity contribution in [1.29, 1.82) is 0 Å². The summed E-state index contributed by atoms with van der Waals surface area (Å²) in [6.07, 6.45) is 0. The summed E-state index contributed by atoms with van der Waals surface area (Å²) in [7, 11) is -3.92. The molecule has 0 amide bonds. The molecule has 0 spiro atoms. The number of benzene rings is 4. The zero-order valence-electron chi connectivity index (χ0n) is 16.1. The van der Waals surface area contributed by atoms with E-state index in [1.807, 2.05) is 18.2 Å². The van der Waals surface area contributed by atoms with Crippen molar-refractivity contribution in [2.45, 2.75) is 4.90 Å². The van der Waals surface area contributed by atoms with Crippen LogP contribution < -0.4 is 10.3 Å². The molecule has 7 heteroatoms. The number of hydrogen-bond donors (Lipinski definition) is 1. The molecule has 5 aromatic rings. The molecule has 0 atom stereocenters. The quantitative estimate of drug-likeness (QED) is 0.444. The van der Waals surface area contributed by atoms with Gasteiger partial charge in [-0.2, -0.15) is 0 Å². The fraction of sp³-hybridized carbons (Fsp3) is 0. The van der Waals surface area contributed by atoms with Gasteiger partial charge in [0.1, 0.15) is 0 Å². The Balaban J connectivity index is 1.63. The fourth-order valence-electron chi connectivity index (χ4n) is 3.52. The largest absolute Gasteiger partial charge is 0.403 e. The van der Waals surface area contributed by atoms with Crippen molar-refractivity contribution in [2.24, 2.45) is 0 Å². The minimum Gasteiger partial charge on any atom is -0.403 e. The van der Waals surface area contributed by atoms with E-state index in [1.165, 1.54) is 0 Å². The molecule has 0 unspecified atom stereocenters. The maximum atomic E-state index is 13.3. The van der Waals surface area contributed by atoms with Crippen LogP contribution in [0.25, 0.3) is 33.1 Å². The van der Waals surface area contributed by atoms with Crippen LogP contribution in [0.1, 0.15) is 0 Å². The van der Waals surface area contributed by atoms with Crippen LogP contribution in [0.5, 0.6) is 0 Å². The number of para-hydroxylation sites is 2. The van der Waals surface area contributed by atoms with Gasteiger partial charge in [-0.25, -0.2) is 18.2 Å². The molecule has 1 aromatic heterocycles. The van der Waals surface area contributed by atoms with Crippen LogP contribution >= 0.6 is 0 Å². The Labute approximate surface area is 177 Å². The summed E-state index contributed by atoms with van der Waals surface area (Å²) in [6, 6.07) is 25.9. The summed E-state index contributed by atoms with van der Waals surface area (Å²) < 4.78 is 34.5. The third-order valence-corrected chi connectivity index (χ3v) is 6.40. The van der Waals surface area contributed by atoms with E-state index in [1.54, 1.807) is 72.8 Å². The molecule has 0 saturated heterocycles. The average molecular weight is 428 g/mol. The molecule has 152 valence electrons. The highest BCUT2D eigenvalue weighted by molar-refractivity contribution is 7.93. The summed E-state index contributed by atoms with van der Waals surface area (Å²) in [5.74, 6) is 0.0416. The molecule has 0 radical (unpaired) electrons. The summed E-state index contributed by atoms with van der Waals surface area (Å²) >= 11 is 0. The van der Waals surface area contributed by atoms with Gasteiger partial charge < -0.3 is 4.42 Å². The normalized spacial score (nSPS) is 11.6. The zero-order chi connectivity index (χ0) is 21.4. The number of rotatable bonds is 4. The number of anilines is 1. The molecule has 0 fully saturated rings. The Hall–Kier alpha value is -3.97. The van der Waals surface area contributed by atoms with Gasteiger partial charge in [-0.3, -0.25) is 4.72 Å². The molecular weight excluding hydrogens is 412 g/mol. The maximum Gasteiger partial charge on any atom is 0.347 e. The lowest BCUT2D eigenvalue weighted by Crippen LogP contribution is -2.14. The summed E-state index contributed by atoms with van der Waals surface area (Å²) in [5.41, 5.74) is 0.573. The van der Waals surface area contributed by atoms with Crippen molar-refractivity contribution in [2.75, 3.05) is 4.72 Å². The maximum absolute atomic E-state index is 13.3. The van der Waals surface area contributed by atoms with E-state index in [4.69, 9.17) is 4.42 Å². The lowest BCUT2D eigenvalue weighted by atomic mass is 10.1. The number of nitrogens with zero attached hydrogens (tertiary/aromatic N) is 1. The number of sulfonamides is 1. The second-order valence-electron chi connectivity index (χ2n) is 6.95. The van der Waals surface area contributed by atoms with E-state index in [0.29, 0.717) is 21.9 Å². The number of hydrogen-bond acceptors (Lipinski definition) is 5. The molecule has 0 aliphatic heterocycles. The second-order valence-corrected chi connectivity index (χ2v) is 8.60. The molecule has 0 bridgehead atoms. The van der Waals surface area contributed by atoms with Gasteiger partial charge in [-0.15, -0.1) is 0 Å². The number of nitrogens with one attached hydrogen (secondary N) is 1. The van der Waals surface area contributed by atoms with Crippen molar-refractivity contribution in [1.82, 2.24) is 4.98 Å². The predicted molar refractivity (Wildman–Crippen MR) is 120 cm³/mol. The second kappa shape index (κ2) is 7.37. The van der Waals surface area contributed by atoms with Crippen molar-refractivity contribution >= 4 is 37.4 Å². The minimum atomic E-state index is -3.92. The van der Waals surface area contributed by atoms with Crippen molar-refractivity contribution in [3.8, 4) is 11.5 Å². The SMILES string of the molecule is O=c1oc(-c2ccccc2NS(=O)(=O)c2cccc3ccccc23)nc2ccccc12. The third-order valence-electron chi connectivity index (χ3n) is 4.98. The van der Waals surface area contributed by atoms with Crippen molar-refractivity contribution in [3.05, 3.63) is 101 Å². The smallest absolute Gasteiger partial charge is 0.347 e. The van der Waals surface area contributed by atoms with E-state index in [2.05, 4.69) is 9.71 Å². The zero-order valence-corrected chi connectivity index (χ0v) is 17.0. The lowest BCUT2D eigenvalue weighted by Gasteiger charge is -2.13. The Morgan fingerprint density at radius 3 is 2.29 bits per heavy atom. The summed E-state index contributed by atoms with van der Waals surface area (Å²) in [4.78, 5) is 17.0. The fourth-order valence-corrected chi connectivity index (χ4v) is 4.83. The van der Waals surface area contributed by atoms with Gasteiger partial charge in [0.15, 0.2) is 0 Å².